The second-order valence-electron chi connectivity index (χ2n) is 18.6. The van der Waals surface area contributed by atoms with E-state index in [1.165, 1.54) is 12.8 Å². The van der Waals surface area contributed by atoms with Crippen LogP contribution in [0.4, 0.5) is 17.2 Å². The smallest absolute Gasteiger partial charge is 0.251 e. The maximum absolute atomic E-state index is 12.6. The lowest BCUT2D eigenvalue weighted by Gasteiger charge is -2.20. The number of aryl methyl sites for hydroxylation is 2. The Kier molecular flexibility index (Phi) is 12.5. The van der Waals surface area contributed by atoms with Crippen LogP contribution in [0.3, 0.4) is 0 Å². The molecule has 2 amide bonds. The summed E-state index contributed by atoms with van der Waals surface area (Å²) in [5.41, 5.74) is 8.03. The first-order valence-corrected chi connectivity index (χ1v) is 22.7. The molecule has 4 aromatic heterocycles. The molecule has 4 heterocycles. The van der Waals surface area contributed by atoms with Crippen molar-refractivity contribution in [3.63, 3.8) is 0 Å². The third kappa shape index (κ3) is 11.0. The molecule has 9 rings (SSSR count). The fraction of sp³-hybridized carbons (Fsp3) is 0.447. The van der Waals surface area contributed by atoms with Gasteiger partial charge in [0.2, 0.25) is 0 Å². The van der Waals surface area contributed by atoms with Gasteiger partial charge in [0.1, 0.15) is 10.4 Å². The maximum Gasteiger partial charge on any atom is 0.251 e. The summed E-state index contributed by atoms with van der Waals surface area (Å²) in [5.74, 6) is 0.756. The van der Waals surface area contributed by atoms with E-state index in [4.69, 9.17) is 5.10 Å². The van der Waals surface area contributed by atoms with Crippen LogP contribution in [0.15, 0.2) is 65.5 Å². The SMILES string of the molecule is Cc1cc(-c2cnc3c(NCC(C)(C)O)cc(Br)nn23)ccc1C(=O)NC1CC1.Cc1cc(-c2cnc3c(NCC(C)(C)O)cc(NC4CCCC4)nn23)ccc1C(=O)NC1CC1. The van der Waals surface area contributed by atoms with Crippen LogP contribution in [-0.2, 0) is 0 Å². The number of imidazole rings is 2. The van der Waals surface area contributed by atoms with Crippen LogP contribution in [0.2, 0.25) is 0 Å². The van der Waals surface area contributed by atoms with Gasteiger partial charge < -0.3 is 36.8 Å². The molecule has 6 aromatic rings. The summed E-state index contributed by atoms with van der Waals surface area (Å²) in [6.07, 6.45) is 12.6. The standard InChI is InChI=1S/C26H34N6O2.C21H24BrN5O2/c1-16-12-17(8-11-20(16)25(33)30-19-9-10-19)22-14-27-24-21(28-15-26(2,3)34)13-23(31-32(22)24)29-18-6-4-5-7-18;1-12-8-13(4-7-15(12)20(28)25-14-5-6-14)17-10-23-19-16(24-11-21(2,3)29)9-18(22)26-27(17)19/h8,11-14,18-19,28,34H,4-7,9-10,15H2,1-3H3,(H,29,31)(H,30,33);4,7-10,14,24,29H,5-6,11H2,1-3H3,(H,25,28). The Labute approximate surface area is 376 Å². The first-order chi connectivity index (χ1) is 30.0. The predicted octanol–water partition coefficient (Wildman–Crippen LogP) is 7.68. The van der Waals surface area contributed by atoms with E-state index in [1.807, 2.05) is 73.1 Å². The van der Waals surface area contributed by atoms with Gasteiger partial charge in [-0.1, -0.05) is 25.0 Å². The Bertz CT molecular complexity index is 2650. The van der Waals surface area contributed by atoms with Crippen molar-refractivity contribution >= 4 is 56.2 Å². The minimum atomic E-state index is -0.858. The number of nitrogens with one attached hydrogen (secondary N) is 5. The number of aromatic nitrogens is 6. The van der Waals surface area contributed by atoms with Gasteiger partial charge in [-0.3, -0.25) is 9.59 Å². The number of fused-ring (bicyclic) bond motifs is 2. The van der Waals surface area contributed by atoms with Gasteiger partial charge >= 0.3 is 0 Å². The van der Waals surface area contributed by atoms with E-state index in [9.17, 15) is 19.8 Å². The summed E-state index contributed by atoms with van der Waals surface area (Å²) >= 11 is 3.45. The van der Waals surface area contributed by atoms with Gasteiger partial charge in [0.15, 0.2) is 11.3 Å². The van der Waals surface area contributed by atoms with Crippen molar-refractivity contribution in [3.05, 3.63) is 87.8 Å². The normalized spacial score (nSPS) is 15.6. The number of halogens is 1. The van der Waals surface area contributed by atoms with E-state index < -0.39 is 11.2 Å². The molecular weight excluding hydrogens is 862 g/mol. The summed E-state index contributed by atoms with van der Waals surface area (Å²) in [6.45, 7) is 11.7. The van der Waals surface area contributed by atoms with Gasteiger partial charge in [0.25, 0.3) is 11.8 Å². The van der Waals surface area contributed by atoms with E-state index in [1.54, 1.807) is 38.4 Å². The van der Waals surface area contributed by atoms with Crippen molar-refractivity contribution in [3.8, 4) is 22.5 Å². The summed E-state index contributed by atoms with van der Waals surface area (Å²) in [4.78, 5) is 34.1. The second kappa shape index (κ2) is 17.9. The highest BCUT2D eigenvalue weighted by molar-refractivity contribution is 9.10. The molecule has 0 aliphatic heterocycles. The zero-order chi connectivity index (χ0) is 44.6. The largest absolute Gasteiger partial charge is 0.389 e. The van der Waals surface area contributed by atoms with Gasteiger partial charge in [-0.2, -0.15) is 5.10 Å². The van der Waals surface area contributed by atoms with Crippen LogP contribution in [0.5, 0.6) is 0 Å². The van der Waals surface area contributed by atoms with Crippen molar-refractivity contribution in [2.24, 2.45) is 0 Å². The molecular formula is C47H58BrN11O4. The Hall–Kier alpha value is -5.58. The number of hydrogen-bond donors (Lipinski definition) is 7. The molecule has 0 bridgehead atoms. The van der Waals surface area contributed by atoms with Crippen LogP contribution in [-0.4, -0.2) is 93.6 Å². The van der Waals surface area contributed by atoms with E-state index in [0.29, 0.717) is 58.2 Å². The van der Waals surface area contributed by atoms with Crippen LogP contribution >= 0.6 is 15.9 Å². The van der Waals surface area contributed by atoms with Crippen molar-refractivity contribution in [2.45, 2.75) is 122 Å². The van der Waals surface area contributed by atoms with Crippen LogP contribution in [0, 0.1) is 13.8 Å². The first kappa shape index (κ1) is 44.0. The Morgan fingerprint density at radius 2 is 1.13 bits per heavy atom. The average Bonchev–Trinajstić information content (AvgIpc) is 4.05. The quantitative estimate of drug-likeness (QED) is 0.0567. The molecule has 0 saturated heterocycles. The van der Waals surface area contributed by atoms with E-state index in [2.05, 4.69) is 57.6 Å². The van der Waals surface area contributed by atoms with E-state index in [0.717, 1.165) is 89.4 Å². The third-order valence-electron chi connectivity index (χ3n) is 11.4. The van der Waals surface area contributed by atoms with Gasteiger partial charge in [-0.25, -0.2) is 19.0 Å². The molecule has 0 radical (unpaired) electrons. The Morgan fingerprint density at radius 1 is 0.667 bits per heavy atom. The highest BCUT2D eigenvalue weighted by Gasteiger charge is 2.26. The molecule has 3 fully saturated rings. The molecule has 3 aliphatic carbocycles. The van der Waals surface area contributed by atoms with Gasteiger partial charge in [-0.05, 0) is 137 Å². The fourth-order valence-electron chi connectivity index (χ4n) is 7.67. The van der Waals surface area contributed by atoms with Gasteiger partial charge in [0, 0.05) is 59.5 Å². The summed E-state index contributed by atoms with van der Waals surface area (Å²) in [6, 6.07) is 16.5. The lowest BCUT2D eigenvalue weighted by Crippen LogP contribution is -2.29. The minimum Gasteiger partial charge on any atom is -0.389 e. The Balaban J connectivity index is 0.000000175. The number of carbonyl (C=O) groups is 2. The topological polar surface area (TPSA) is 195 Å². The first-order valence-electron chi connectivity index (χ1n) is 21.9. The monoisotopic (exact) mass is 919 g/mol. The van der Waals surface area contributed by atoms with Crippen molar-refractivity contribution in [1.29, 1.82) is 0 Å². The molecule has 16 heteroatoms. The molecule has 0 atom stereocenters. The number of hydrogen-bond acceptors (Lipinski definition) is 11. The minimum absolute atomic E-state index is 0.0102. The molecule has 63 heavy (non-hydrogen) atoms. The van der Waals surface area contributed by atoms with Crippen molar-refractivity contribution < 1.29 is 19.8 Å². The molecule has 3 saturated carbocycles. The van der Waals surface area contributed by atoms with Crippen molar-refractivity contribution in [2.75, 3.05) is 29.0 Å². The predicted molar refractivity (Wildman–Crippen MR) is 250 cm³/mol. The van der Waals surface area contributed by atoms with Crippen molar-refractivity contribution in [1.82, 2.24) is 39.8 Å². The Morgan fingerprint density at radius 3 is 1.57 bits per heavy atom. The highest BCUT2D eigenvalue weighted by atomic mass is 79.9. The lowest BCUT2D eigenvalue weighted by molar-refractivity contribution is 0.0939. The highest BCUT2D eigenvalue weighted by Crippen LogP contribution is 2.31. The fourth-order valence-corrected chi connectivity index (χ4v) is 8.06. The van der Waals surface area contributed by atoms with Crippen LogP contribution in [0.25, 0.3) is 33.8 Å². The molecule has 7 N–H and O–H groups in total. The van der Waals surface area contributed by atoms with Crippen LogP contribution in [0.1, 0.15) is 111 Å². The van der Waals surface area contributed by atoms with Crippen LogP contribution < -0.4 is 26.6 Å². The number of nitrogens with zero attached hydrogens (tertiary/aromatic N) is 6. The number of carbonyl (C=O) groups excluding carboxylic acids is 2. The molecule has 0 unspecified atom stereocenters. The van der Waals surface area contributed by atoms with E-state index >= 15 is 0 Å². The second-order valence-corrected chi connectivity index (χ2v) is 19.4. The number of benzene rings is 2. The lowest BCUT2D eigenvalue weighted by atomic mass is 10.0. The van der Waals surface area contributed by atoms with Gasteiger partial charge in [0.05, 0.1) is 46.4 Å². The summed E-state index contributed by atoms with van der Waals surface area (Å²) < 4.78 is 4.26. The molecule has 2 aromatic carbocycles. The molecule has 3 aliphatic rings. The van der Waals surface area contributed by atoms with Gasteiger partial charge in [-0.15, -0.1) is 5.10 Å². The maximum atomic E-state index is 12.6. The molecule has 332 valence electrons. The number of anilines is 3. The molecule has 0 spiro atoms. The number of amides is 2. The average molecular weight is 921 g/mol. The number of aliphatic hydroxyl groups is 2. The third-order valence-corrected chi connectivity index (χ3v) is 11.8. The van der Waals surface area contributed by atoms with E-state index in [-0.39, 0.29) is 11.8 Å². The zero-order valence-electron chi connectivity index (χ0n) is 36.8. The molecule has 15 nitrogen and oxygen atoms in total. The number of rotatable bonds is 14. The summed E-state index contributed by atoms with van der Waals surface area (Å²) in [5, 5.41) is 45.9. The zero-order valence-corrected chi connectivity index (χ0v) is 38.4. The summed E-state index contributed by atoms with van der Waals surface area (Å²) in [7, 11) is 0.